The highest BCUT2D eigenvalue weighted by Gasteiger charge is 2.19. The number of amides is 3. The molecule has 0 aliphatic heterocycles. The van der Waals surface area contributed by atoms with Crippen LogP contribution in [0.15, 0.2) is 91.4 Å². The van der Waals surface area contributed by atoms with Crippen molar-refractivity contribution in [2.75, 3.05) is 18.5 Å². The normalized spacial score (nSPS) is 11.0. The Morgan fingerprint density at radius 3 is 2.53 bits per heavy atom. The number of nitrogens with one attached hydrogen (secondary N) is 2. The van der Waals surface area contributed by atoms with E-state index >= 15 is 0 Å². The number of hydrogen-bond acceptors (Lipinski definition) is 7. The van der Waals surface area contributed by atoms with Gasteiger partial charge in [-0.2, -0.15) is 0 Å². The maximum atomic E-state index is 13.0. The Balaban J connectivity index is 1.14. The summed E-state index contributed by atoms with van der Waals surface area (Å²) in [6.07, 6.45) is 7.59. The number of benzene rings is 2. The highest BCUT2D eigenvalue weighted by Crippen LogP contribution is 2.35. The lowest BCUT2D eigenvalue weighted by molar-refractivity contribution is -0.122. The minimum absolute atomic E-state index is 0.0515. The SMILES string of the molecule is Cc1ccc2cccc(OCc3c(Cl)ccc(N(C)C(=O)CNC(=O)C=Cc4ccc(C(=O)NCc5ccncc5)nc4)c3Cl)c2n1. The number of anilines is 1. The Bertz CT molecular complexity index is 1950. The standard InChI is InChI=1S/C35H30Cl2N6O4/c1-22-6-9-25-4-3-5-30(34(25)42-22)47-21-26-27(36)10-12-29(33(26)37)43(2)32(45)20-40-31(44)13-8-23-7-11-28(39-18-23)35(46)41-19-24-14-16-38-17-15-24/h3-18H,19-21H2,1-2H3,(H,40,44)(H,41,46). The van der Waals surface area contributed by atoms with Crippen LogP contribution in [-0.4, -0.2) is 46.3 Å². The molecule has 0 saturated carbocycles. The van der Waals surface area contributed by atoms with Crippen molar-refractivity contribution in [1.82, 2.24) is 25.6 Å². The summed E-state index contributed by atoms with van der Waals surface area (Å²) >= 11 is 13.2. The number of halogens is 2. The second-order valence-corrected chi connectivity index (χ2v) is 11.2. The van der Waals surface area contributed by atoms with E-state index in [1.54, 1.807) is 43.7 Å². The largest absolute Gasteiger partial charge is 0.487 e. The molecule has 0 unspecified atom stereocenters. The van der Waals surface area contributed by atoms with E-state index < -0.39 is 11.8 Å². The Labute approximate surface area is 281 Å². The van der Waals surface area contributed by atoms with E-state index in [9.17, 15) is 14.4 Å². The van der Waals surface area contributed by atoms with Crippen molar-refractivity contribution in [3.8, 4) is 5.75 Å². The molecule has 3 amide bonds. The fraction of sp³-hybridized carbons (Fsp3) is 0.143. The molecule has 12 heteroatoms. The smallest absolute Gasteiger partial charge is 0.270 e. The van der Waals surface area contributed by atoms with Crippen LogP contribution >= 0.6 is 23.2 Å². The number of carbonyl (C=O) groups is 3. The van der Waals surface area contributed by atoms with Crippen molar-refractivity contribution in [2.24, 2.45) is 0 Å². The van der Waals surface area contributed by atoms with E-state index in [0.717, 1.165) is 22.2 Å². The molecule has 0 fully saturated rings. The van der Waals surface area contributed by atoms with Gasteiger partial charge in [0.2, 0.25) is 11.8 Å². The van der Waals surface area contributed by atoms with Crippen LogP contribution in [0, 0.1) is 6.92 Å². The van der Waals surface area contributed by atoms with E-state index in [2.05, 4.69) is 25.6 Å². The Morgan fingerprint density at radius 1 is 0.957 bits per heavy atom. The lowest BCUT2D eigenvalue weighted by Gasteiger charge is -2.21. The van der Waals surface area contributed by atoms with Crippen LogP contribution in [0.25, 0.3) is 17.0 Å². The molecule has 47 heavy (non-hydrogen) atoms. The minimum Gasteiger partial charge on any atom is -0.487 e. The predicted molar refractivity (Wildman–Crippen MR) is 182 cm³/mol. The predicted octanol–water partition coefficient (Wildman–Crippen LogP) is 5.94. The molecule has 10 nitrogen and oxygen atoms in total. The first kappa shape index (κ1) is 33.1. The number of para-hydroxylation sites is 1. The molecule has 0 aliphatic rings. The third-order valence-corrected chi connectivity index (χ3v) is 7.93. The molecule has 0 spiro atoms. The van der Waals surface area contributed by atoms with Crippen molar-refractivity contribution >= 4 is 63.6 Å². The van der Waals surface area contributed by atoms with Crippen molar-refractivity contribution in [3.05, 3.63) is 130 Å². The average molecular weight is 670 g/mol. The second-order valence-electron chi connectivity index (χ2n) is 10.4. The zero-order valence-corrected chi connectivity index (χ0v) is 27.0. The number of rotatable bonds is 11. The summed E-state index contributed by atoms with van der Waals surface area (Å²) in [6, 6.07) is 19.7. The summed E-state index contributed by atoms with van der Waals surface area (Å²) in [6.45, 7) is 2.03. The molecule has 2 aromatic carbocycles. The van der Waals surface area contributed by atoms with Crippen molar-refractivity contribution in [1.29, 1.82) is 0 Å². The van der Waals surface area contributed by atoms with Gasteiger partial charge in [0.1, 0.15) is 23.6 Å². The number of nitrogens with zero attached hydrogens (tertiary/aromatic N) is 4. The molecule has 5 aromatic rings. The summed E-state index contributed by atoms with van der Waals surface area (Å²) in [5.74, 6) is -0.630. The molecule has 0 bridgehead atoms. The fourth-order valence-electron chi connectivity index (χ4n) is 4.52. The van der Waals surface area contributed by atoms with Gasteiger partial charge in [0, 0.05) is 59.9 Å². The average Bonchev–Trinajstić information content (AvgIpc) is 3.09. The molecule has 0 saturated heterocycles. The third-order valence-electron chi connectivity index (χ3n) is 7.16. The minimum atomic E-state index is -0.485. The van der Waals surface area contributed by atoms with Gasteiger partial charge in [-0.15, -0.1) is 0 Å². The maximum absolute atomic E-state index is 13.0. The molecule has 238 valence electrons. The first-order valence-corrected chi connectivity index (χ1v) is 15.3. The van der Waals surface area contributed by atoms with Gasteiger partial charge < -0.3 is 20.3 Å². The number of pyridine rings is 3. The van der Waals surface area contributed by atoms with Gasteiger partial charge in [0.15, 0.2) is 0 Å². The Hall–Kier alpha value is -5.32. The quantitative estimate of drug-likeness (QED) is 0.167. The fourth-order valence-corrected chi connectivity index (χ4v) is 5.13. The van der Waals surface area contributed by atoms with Crippen molar-refractivity contribution < 1.29 is 19.1 Å². The highest BCUT2D eigenvalue weighted by molar-refractivity contribution is 6.38. The zero-order valence-electron chi connectivity index (χ0n) is 25.5. The van der Waals surface area contributed by atoms with Gasteiger partial charge >= 0.3 is 0 Å². The Kier molecular flexibility index (Phi) is 10.8. The van der Waals surface area contributed by atoms with Crippen LogP contribution in [-0.2, 0) is 22.7 Å². The number of hydrogen-bond donors (Lipinski definition) is 2. The first-order chi connectivity index (χ1) is 22.7. The van der Waals surface area contributed by atoms with Gasteiger partial charge in [-0.1, -0.05) is 47.5 Å². The van der Waals surface area contributed by atoms with Crippen LogP contribution in [0.5, 0.6) is 5.75 Å². The van der Waals surface area contributed by atoms with E-state index in [0.29, 0.717) is 34.1 Å². The molecular formula is C35H30Cl2N6O4. The monoisotopic (exact) mass is 668 g/mol. The van der Waals surface area contributed by atoms with Gasteiger partial charge in [0.25, 0.3) is 5.91 Å². The zero-order chi connectivity index (χ0) is 33.3. The van der Waals surface area contributed by atoms with Crippen LogP contribution in [0.1, 0.15) is 32.9 Å². The van der Waals surface area contributed by atoms with E-state index in [1.165, 1.54) is 23.2 Å². The van der Waals surface area contributed by atoms with Crippen LogP contribution in [0.4, 0.5) is 5.69 Å². The van der Waals surface area contributed by atoms with Crippen molar-refractivity contribution in [3.63, 3.8) is 0 Å². The second kappa shape index (κ2) is 15.3. The maximum Gasteiger partial charge on any atom is 0.270 e. The van der Waals surface area contributed by atoms with E-state index in [1.807, 2.05) is 49.4 Å². The van der Waals surface area contributed by atoms with Gasteiger partial charge in [-0.3, -0.25) is 24.4 Å². The van der Waals surface area contributed by atoms with Crippen LogP contribution in [0.3, 0.4) is 0 Å². The molecular weight excluding hydrogens is 639 g/mol. The molecule has 3 heterocycles. The summed E-state index contributed by atoms with van der Waals surface area (Å²) < 4.78 is 6.08. The number of likely N-dealkylation sites (N-methyl/N-ethyl adjacent to an activating group) is 1. The van der Waals surface area contributed by atoms with Gasteiger partial charge in [0.05, 0.1) is 17.3 Å². The van der Waals surface area contributed by atoms with Crippen LogP contribution < -0.4 is 20.3 Å². The number of carbonyl (C=O) groups excluding carboxylic acids is 3. The summed E-state index contributed by atoms with van der Waals surface area (Å²) in [4.78, 5) is 51.9. The van der Waals surface area contributed by atoms with E-state index in [-0.39, 0.29) is 29.8 Å². The summed E-state index contributed by atoms with van der Waals surface area (Å²) in [5.41, 5.74) is 4.26. The van der Waals surface area contributed by atoms with E-state index in [4.69, 9.17) is 27.9 Å². The summed E-state index contributed by atoms with van der Waals surface area (Å²) in [5, 5.41) is 6.94. The van der Waals surface area contributed by atoms with Crippen LogP contribution in [0.2, 0.25) is 10.0 Å². The molecule has 5 rings (SSSR count). The van der Waals surface area contributed by atoms with Gasteiger partial charge in [-0.05, 0) is 66.6 Å². The lowest BCUT2D eigenvalue weighted by atomic mass is 10.1. The Morgan fingerprint density at radius 2 is 1.77 bits per heavy atom. The van der Waals surface area contributed by atoms with Crippen molar-refractivity contribution in [2.45, 2.75) is 20.1 Å². The highest BCUT2D eigenvalue weighted by atomic mass is 35.5. The molecule has 0 aliphatic carbocycles. The third kappa shape index (κ3) is 8.49. The molecule has 0 radical (unpaired) electrons. The molecule has 3 aromatic heterocycles. The molecule has 0 atom stereocenters. The summed E-state index contributed by atoms with van der Waals surface area (Å²) in [7, 11) is 1.56. The number of aromatic nitrogens is 3. The lowest BCUT2D eigenvalue weighted by Crippen LogP contribution is -2.37. The number of fused-ring (bicyclic) bond motifs is 1. The number of aryl methyl sites for hydroxylation is 1. The number of ether oxygens (including phenoxy) is 1. The molecule has 2 N–H and O–H groups in total. The van der Waals surface area contributed by atoms with Gasteiger partial charge in [-0.25, -0.2) is 4.98 Å². The topological polar surface area (TPSA) is 126 Å². The first-order valence-electron chi connectivity index (χ1n) is 14.5.